The van der Waals surface area contributed by atoms with Crippen molar-refractivity contribution in [2.45, 2.75) is 33.2 Å². The molecule has 0 rings (SSSR count). The number of hydrogen-bond acceptors (Lipinski definition) is 3. The maximum Gasteiger partial charge on any atom is 0.237 e. The van der Waals surface area contributed by atoms with Crippen LogP contribution in [0.15, 0.2) is 0 Å². The van der Waals surface area contributed by atoms with Gasteiger partial charge in [-0.05, 0) is 12.3 Å². The molecule has 0 fully saturated rings. The van der Waals surface area contributed by atoms with E-state index in [0.29, 0.717) is 6.42 Å². The summed E-state index contributed by atoms with van der Waals surface area (Å²) in [6.07, 6.45) is 0.499. The first-order valence-electron chi connectivity index (χ1n) is 4.87. The van der Waals surface area contributed by atoms with E-state index >= 15 is 0 Å². The Morgan fingerprint density at radius 1 is 1.57 bits per heavy atom. The highest BCUT2D eigenvalue weighted by Crippen LogP contribution is 2.05. The van der Waals surface area contributed by atoms with Gasteiger partial charge in [-0.25, -0.2) is 0 Å². The molecule has 0 bridgehead atoms. The second kappa shape index (κ2) is 6.39. The van der Waals surface area contributed by atoms with Gasteiger partial charge in [0, 0.05) is 0 Å². The van der Waals surface area contributed by atoms with Crippen LogP contribution in [0.25, 0.3) is 0 Å². The van der Waals surface area contributed by atoms with Gasteiger partial charge in [0.1, 0.15) is 5.92 Å². The predicted molar refractivity (Wildman–Crippen MR) is 53.2 cm³/mol. The van der Waals surface area contributed by atoms with E-state index in [1.54, 1.807) is 6.92 Å². The normalized spacial score (nSPS) is 14.6. The van der Waals surface area contributed by atoms with Gasteiger partial charge in [-0.1, -0.05) is 20.8 Å². The monoisotopic (exact) mass is 198 g/mol. The highest BCUT2D eigenvalue weighted by molar-refractivity contribution is 5.81. The van der Waals surface area contributed by atoms with E-state index in [9.17, 15) is 4.79 Å². The number of carbonyl (C=O) groups excluding carboxylic acids is 1. The van der Waals surface area contributed by atoms with Gasteiger partial charge in [0.2, 0.25) is 5.91 Å². The highest BCUT2D eigenvalue weighted by atomic mass is 16.3. The van der Waals surface area contributed by atoms with Gasteiger partial charge in [0.25, 0.3) is 0 Å². The first-order chi connectivity index (χ1) is 6.56. The number of aliphatic hydroxyl groups excluding tert-OH is 1. The number of rotatable bonds is 5. The van der Waals surface area contributed by atoms with Gasteiger partial charge in [0.05, 0.1) is 18.7 Å². The van der Waals surface area contributed by atoms with Crippen LogP contribution in [0.5, 0.6) is 0 Å². The largest absolute Gasteiger partial charge is 0.394 e. The second-order valence-corrected chi connectivity index (χ2v) is 3.63. The first-order valence-corrected chi connectivity index (χ1v) is 4.87. The summed E-state index contributed by atoms with van der Waals surface area (Å²) >= 11 is 0. The number of hydrogen-bond donors (Lipinski definition) is 2. The van der Waals surface area contributed by atoms with Gasteiger partial charge in [-0.2, -0.15) is 5.26 Å². The van der Waals surface area contributed by atoms with E-state index in [4.69, 9.17) is 10.4 Å². The Labute approximate surface area is 84.9 Å². The lowest BCUT2D eigenvalue weighted by molar-refractivity contribution is -0.124. The van der Waals surface area contributed by atoms with Crippen LogP contribution < -0.4 is 5.32 Å². The molecule has 0 aromatic rings. The Bertz CT molecular complexity index is 221. The Morgan fingerprint density at radius 3 is 2.43 bits per heavy atom. The lowest BCUT2D eigenvalue weighted by Gasteiger charge is -2.20. The topological polar surface area (TPSA) is 73.1 Å². The lowest BCUT2D eigenvalue weighted by atomic mass is 10.0. The number of carbonyl (C=O) groups is 1. The zero-order valence-corrected chi connectivity index (χ0v) is 8.95. The van der Waals surface area contributed by atoms with Gasteiger partial charge >= 0.3 is 0 Å². The van der Waals surface area contributed by atoms with E-state index in [0.717, 1.165) is 0 Å². The fraction of sp³-hybridized carbons (Fsp3) is 0.800. The molecule has 2 N–H and O–H groups in total. The number of nitrogens with one attached hydrogen (secondary N) is 1. The maximum atomic E-state index is 11.4. The summed E-state index contributed by atoms with van der Waals surface area (Å²) in [7, 11) is 0. The average molecular weight is 198 g/mol. The fourth-order valence-corrected chi connectivity index (χ4v) is 1.04. The van der Waals surface area contributed by atoms with E-state index in [-0.39, 0.29) is 24.5 Å². The predicted octanol–water partition coefficient (Wildman–Crippen LogP) is 0.669. The molecule has 4 nitrogen and oxygen atoms in total. The Hall–Kier alpha value is -1.08. The molecule has 0 heterocycles. The minimum absolute atomic E-state index is 0.0920. The fourth-order valence-electron chi connectivity index (χ4n) is 1.04. The molecular formula is C10H18N2O2. The van der Waals surface area contributed by atoms with Crippen molar-refractivity contribution >= 4 is 5.91 Å². The van der Waals surface area contributed by atoms with Gasteiger partial charge in [-0.15, -0.1) is 0 Å². The van der Waals surface area contributed by atoms with Crippen LogP contribution in [0.2, 0.25) is 0 Å². The Morgan fingerprint density at radius 2 is 2.14 bits per heavy atom. The zero-order chi connectivity index (χ0) is 11.1. The van der Waals surface area contributed by atoms with Gasteiger partial charge in [0.15, 0.2) is 0 Å². The molecule has 0 aliphatic rings. The highest BCUT2D eigenvalue weighted by Gasteiger charge is 2.20. The molecule has 0 spiro atoms. The number of amides is 1. The summed E-state index contributed by atoms with van der Waals surface area (Å²) in [6.45, 7) is 5.52. The maximum absolute atomic E-state index is 11.4. The molecule has 0 saturated heterocycles. The van der Waals surface area contributed by atoms with Crippen molar-refractivity contribution in [3.05, 3.63) is 0 Å². The summed E-state index contributed by atoms with van der Waals surface area (Å²) in [5.41, 5.74) is 0. The van der Waals surface area contributed by atoms with Crippen molar-refractivity contribution in [2.24, 2.45) is 11.8 Å². The summed E-state index contributed by atoms with van der Waals surface area (Å²) in [4.78, 5) is 11.4. The molecule has 1 unspecified atom stereocenters. The summed E-state index contributed by atoms with van der Waals surface area (Å²) in [6, 6.07) is 1.67. The van der Waals surface area contributed by atoms with E-state index in [2.05, 4.69) is 5.32 Å². The molecule has 14 heavy (non-hydrogen) atoms. The molecule has 0 saturated carbocycles. The van der Waals surface area contributed by atoms with Crippen molar-refractivity contribution in [2.75, 3.05) is 6.61 Å². The van der Waals surface area contributed by atoms with Crippen LogP contribution in [-0.2, 0) is 4.79 Å². The quantitative estimate of drug-likeness (QED) is 0.682. The average Bonchev–Trinajstić information content (AvgIpc) is 2.15. The second-order valence-electron chi connectivity index (χ2n) is 3.63. The van der Waals surface area contributed by atoms with Crippen molar-refractivity contribution in [1.29, 1.82) is 5.26 Å². The van der Waals surface area contributed by atoms with E-state index in [1.807, 2.05) is 19.9 Å². The molecule has 80 valence electrons. The molecule has 0 radical (unpaired) electrons. The van der Waals surface area contributed by atoms with Crippen LogP contribution >= 0.6 is 0 Å². The third kappa shape index (κ3) is 3.75. The van der Waals surface area contributed by atoms with Crippen LogP contribution in [0.4, 0.5) is 0 Å². The van der Waals surface area contributed by atoms with Crippen molar-refractivity contribution in [1.82, 2.24) is 5.32 Å². The summed E-state index contributed by atoms with van der Waals surface area (Å²) < 4.78 is 0. The standard InChI is InChI=1S/C10H18N2O2/c1-4-8(5-11)10(14)12-9(6-13)7(2)3/h7-9,13H,4,6H2,1-3H3,(H,12,14)/t8?,9-/m1/s1. The van der Waals surface area contributed by atoms with Crippen molar-refractivity contribution in [3.63, 3.8) is 0 Å². The summed E-state index contributed by atoms with van der Waals surface area (Å²) in [5.74, 6) is -0.731. The minimum atomic E-state index is -0.609. The SMILES string of the molecule is CCC(C#N)C(=O)N[C@H](CO)C(C)C. The van der Waals surface area contributed by atoms with Crippen molar-refractivity contribution < 1.29 is 9.90 Å². The number of nitriles is 1. The molecule has 0 aromatic heterocycles. The van der Waals surface area contributed by atoms with Crippen LogP contribution in [0, 0.1) is 23.2 Å². The third-order valence-corrected chi connectivity index (χ3v) is 2.21. The van der Waals surface area contributed by atoms with Gasteiger partial charge < -0.3 is 10.4 Å². The van der Waals surface area contributed by atoms with Crippen LogP contribution in [0.3, 0.4) is 0 Å². The van der Waals surface area contributed by atoms with Crippen LogP contribution in [-0.4, -0.2) is 23.7 Å². The van der Waals surface area contributed by atoms with E-state index < -0.39 is 5.92 Å². The van der Waals surface area contributed by atoms with Crippen LogP contribution in [0.1, 0.15) is 27.2 Å². The molecular weight excluding hydrogens is 180 g/mol. The first kappa shape index (κ1) is 12.9. The lowest BCUT2D eigenvalue weighted by Crippen LogP contribution is -2.43. The molecule has 2 atom stereocenters. The number of aliphatic hydroxyl groups is 1. The van der Waals surface area contributed by atoms with Crippen molar-refractivity contribution in [3.8, 4) is 6.07 Å². The molecule has 1 amide bonds. The smallest absolute Gasteiger partial charge is 0.237 e. The summed E-state index contributed by atoms with van der Waals surface area (Å²) in [5, 5.41) is 20.3. The molecule has 0 aliphatic heterocycles. The Balaban J connectivity index is 4.22. The minimum Gasteiger partial charge on any atom is -0.394 e. The number of nitrogens with zero attached hydrogens (tertiary/aromatic N) is 1. The molecule has 4 heteroatoms. The van der Waals surface area contributed by atoms with E-state index in [1.165, 1.54) is 0 Å². The molecule has 0 aliphatic carbocycles. The Kier molecular flexibility index (Phi) is 5.89. The third-order valence-electron chi connectivity index (χ3n) is 2.21. The zero-order valence-electron chi connectivity index (χ0n) is 8.95. The molecule has 0 aromatic carbocycles. The van der Waals surface area contributed by atoms with Gasteiger partial charge in [-0.3, -0.25) is 4.79 Å².